The minimum Gasteiger partial charge on any atom is -0.508 e. The molecule has 1 atom stereocenters. The molecule has 2 aromatic rings. The first-order valence-corrected chi connectivity index (χ1v) is 7.59. The van der Waals surface area contributed by atoms with Crippen LogP contribution in [0.1, 0.15) is 28.2 Å². The maximum Gasteiger partial charge on any atom is 0.253 e. The molecule has 3 rings (SSSR count). The Kier molecular flexibility index (Phi) is 3.75. The molecular formula is C16H15NO3S. The number of thioether (sulfide) groups is 1. The van der Waals surface area contributed by atoms with Crippen molar-refractivity contribution in [3.63, 3.8) is 0 Å². The highest BCUT2D eigenvalue weighted by molar-refractivity contribution is 7.99. The fourth-order valence-electron chi connectivity index (χ4n) is 2.28. The lowest BCUT2D eigenvalue weighted by molar-refractivity contribution is 0.0942. The Morgan fingerprint density at radius 1 is 1.29 bits per heavy atom. The summed E-state index contributed by atoms with van der Waals surface area (Å²) in [6.07, 6.45) is 0. The zero-order valence-corrected chi connectivity index (χ0v) is 12.3. The average molecular weight is 301 g/mol. The molecule has 5 heteroatoms. The number of para-hydroxylation sites is 1. The molecule has 108 valence electrons. The van der Waals surface area contributed by atoms with Crippen molar-refractivity contribution in [3.05, 3.63) is 53.6 Å². The highest BCUT2D eigenvalue weighted by Gasteiger charge is 2.28. The number of rotatable bonds is 3. The van der Waals surface area contributed by atoms with Crippen molar-refractivity contribution < 1.29 is 14.6 Å². The molecule has 4 nitrogen and oxygen atoms in total. The highest BCUT2D eigenvalue weighted by atomic mass is 32.2. The standard InChI is InChI=1S/C16H15NO3S/c1-2-20-13-6-4-3-5-11(13)16-17-15(19)12-9-10(18)7-8-14(12)21-16/h3-9,16,18H,2H2,1H3,(H,17,19). The van der Waals surface area contributed by atoms with Crippen LogP contribution in [0.4, 0.5) is 0 Å². The molecule has 1 aliphatic heterocycles. The maximum atomic E-state index is 12.2. The van der Waals surface area contributed by atoms with Gasteiger partial charge in [0.15, 0.2) is 0 Å². The zero-order chi connectivity index (χ0) is 14.8. The van der Waals surface area contributed by atoms with Crippen molar-refractivity contribution in [1.82, 2.24) is 5.32 Å². The van der Waals surface area contributed by atoms with Gasteiger partial charge in [-0.05, 0) is 31.2 Å². The molecule has 0 aliphatic carbocycles. The molecule has 1 aliphatic rings. The van der Waals surface area contributed by atoms with Gasteiger partial charge >= 0.3 is 0 Å². The van der Waals surface area contributed by atoms with Gasteiger partial charge in [-0.25, -0.2) is 0 Å². The van der Waals surface area contributed by atoms with Gasteiger partial charge in [0, 0.05) is 10.5 Å². The van der Waals surface area contributed by atoms with Gasteiger partial charge in [-0.15, -0.1) is 0 Å². The van der Waals surface area contributed by atoms with Crippen LogP contribution < -0.4 is 10.1 Å². The first kappa shape index (κ1) is 13.8. The maximum absolute atomic E-state index is 12.2. The number of benzene rings is 2. The molecule has 21 heavy (non-hydrogen) atoms. The van der Waals surface area contributed by atoms with Crippen molar-refractivity contribution in [1.29, 1.82) is 0 Å². The van der Waals surface area contributed by atoms with Crippen LogP contribution in [-0.4, -0.2) is 17.6 Å². The van der Waals surface area contributed by atoms with Crippen LogP contribution in [0.3, 0.4) is 0 Å². The van der Waals surface area contributed by atoms with Crippen molar-refractivity contribution in [2.45, 2.75) is 17.2 Å². The number of nitrogens with one attached hydrogen (secondary N) is 1. The summed E-state index contributed by atoms with van der Waals surface area (Å²) in [6.45, 7) is 2.51. The van der Waals surface area contributed by atoms with Crippen LogP contribution in [0.15, 0.2) is 47.4 Å². The molecule has 1 heterocycles. The molecule has 0 radical (unpaired) electrons. The Hall–Kier alpha value is -2.14. The van der Waals surface area contributed by atoms with E-state index in [0.29, 0.717) is 12.2 Å². The molecular weight excluding hydrogens is 286 g/mol. The predicted molar refractivity (Wildman–Crippen MR) is 81.8 cm³/mol. The summed E-state index contributed by atoms with van der Waals surface area (Å²) in [5.74, 6) is 0.689. The van der Waals surface area contributed by atoms with Gasteiger partial charge in [-0.1, -0.05) is 30.0 Å². The summed E-state index contributed by atoms with van der Waals surface area (Å²) in [7, 11) is 0. The summed E-state index contributed by atoms with van der Waals surface area (Å²) in [4.78, 5) is 13.1. The van der Waals surface area contributed by atoms with E-state index in [1.807, 2.05) is 31.2 Å². The van der Waals surface area contributed by atoms with E-state index in [1.54, 1.807) is 12.1 Å². The molecule has 0 saturated carbocycles. The van der Waals surface area contributed by atoms with Gasteiger partial charge in [0.2, 0.25) is 0 Å². The van der Waals surface area contributed by atoms with E-state index < -0.39 is 0 Å². The number of hydrogen-bond donors (Lipinski definition) is 2. The van der Waals surface area contributed by atoms with Crippen LogP contribution in [-0.2, 0) is 0 Å². The van der Waals surface area contributed by atoms with Crippen LogP contribution in [0.25, 0.3) is 0 Å². The van der Waals surface area contributed by atoms with Crippen LogP contribution in [0.5, 0.6) is 11.5 Å². The lowest BCUT2D eigenvalue weighted by Gasteiger charge is -2.26. The smallest absolute Gasteiger partial charge is 0.253 e. The Bertz CT molecular complexity index is 687. The lowest BCUT2D eigenvalue weighted by Crippen LogP contribution is -2.31. The molecule has 2 aromatic carbocycles. The zero-order valence-electron chi connectivity index (χ0n) is 11.5. The lowest BCUT2D eigenvalue weighted by atomic mass is 10.1. The minimum atomic E-state index is -0.197. The van der Waals surface area contributed by atoms with E-state index in [-0.39, 0.29) is 17.0 Å². The Morgan fingerprint density at radius 3 is 2.90 bits per heavy atom. The summed E-state index contributed by atoms with van der Waals surface area (Å²) in [5, 5.41) is 12.2. The number of phenolic OH excluding ortho intramolecular Hbond substituents is 1. The normalized spacial score (nSPS) is 17.0. The summed E-state index contributed by atoms with van der Waals surface area (Å²) >= 11 is 1.54. The molecule has 0 bridgehead atoms. The molecule has 0 saturated heterocycles. The summed E-state index contributed by atoms with van der Waals surface area (Å²) in [5.41, 5.74) is 1.45. The van der Waals surface area contributed by atoms with Crippen molar-refractivity contribution in [2.24, 2.45) is 0 Å². The fourth-order valence-corrected chi connectivity index (χ4v) is 3.44. The number of carbonyl (C=O) groups is 1. The third kappa shape index (κ3) is 2.69. The number of carbonyl (C=O) groups excluding carboxylic acids is 1. The van der Waals surface area contributed by atoms with E-state index >= 15 is 0 Å². The highest BCUT2D eigenvalue weighted by Crippen LogP contribution is 2.42. The van der Waals surface area contributed by atoms with E-state index in [0.717, 1.165) is 16.2 Å². The summed E-state index contributed by atoms with van der Waals surface area (Å²) in [6, 6.07) is 12.5. The Morgan fingerprint density at radius 2 is 2.10 bits per heavy atom. The second kappa shape index (κ2) is 5.69. The van der Waals surface area contributed by atoms with Crippen molar-refractivity contribution >= 4 is 17.7 Å². The molecule has 0 aromatic heterocycles. The fraction of sp³-hybridized carbons (Fsp3) is 0.188. The average Bonchev–Trinajstić information content (AvgIpc) is 2.49. The van der Waals surface area contributed by atoms with Crippen molar-refractivity contribution in [2.75, 3.05) is 6.61 Å². The van der Waals surface area contributed by atoms with Gasteiger partial charge in [-0.2, -0.15) is 0 Å². The van der Waals surface area contributed by atoms with Crippen LogP contribution in [0.2, 0.25) is 0 Å². The van der Waals surface area contributed by atoms with E-state index in [1.165, 1.54) is 17.8 Å². The first-order valence-electron chi connectivity index (χ1n) is 6.71. The quantitative estimate of drug-likeness (QED) is 0.913. The molecule has 0 fully saturated rings. The third-order valence-corrected chi connectivity index (χ3v) is 4.43. The summed E-state index contributed by atoms with van der Waals surface area (Å²) < 4.78 is 5.63. The second-order valence-electron chi connectivity index (χ2n) is 4.62. The SMILES string of the molecule is CCOc1ccccc1C1NC(=O)c2cc(O)ccc2S1. The topological polar surface area (TPSA) is 58.6 Å². The van der Waals surface area contributed by atoms with Crippen molar-refractivity contribution in [3.8, 4) is 11.5 Å². The predicted octanol–water partition coefficient (Wildman–Crippen LogP) is 3.33. The molecule has 1 amide bonds. The Balaban J connectivity index is 1.96. The number of hydrogen-bond acceptors (Lipinski definition) is 4. The first-order chi connectivity index (χ1) is 10.2. The van der Waals surface area contributed by atoms with Gasteiger partial charge in [0.25, 0.3) is 5.91 Å². The third-order valence-electron chi connectivity index (χ3n) is 3.22. The van der Waals surface area contributed by atoms with Crippen LogP contribution >= 0.6 is 11.8 Å². The number of phenols is 1. The monoisotopic (exact) mass is 301 g/mol. The van der Waals surface area contributed by atoms with E-state index in [4.69, 9.17) is 4.74 Å². The number of aromatic hydroxyl groups is 1. The van der Waals surface area contributed by atoms with Gasteiger partial charge in [-0.3, -0.25) is 4.79 Å². The molecule has 2 N–H and O–H groups in total. The van der Waals surface area contributed by atoms with E-state index in [2.05, 4.69) is 5.32 Å². The largest absolute Gasteiger partial charge is 0.508 e. The minimum absolute atomic E-state index is 0.0951. The van der Waals surface area contributed by atoms with Gasteiger partial charge < -0.3 is 15.2 Å². The molecule has 0 spiro atoms. The number of ether oxygens (including phenoxy) is 1. The van der Waals surface area contributed by atoms with Crippen LogP contribution in [0, 0.1) is 0 Å². The number of amides is 1. The molecule has 1 unspecified atom stereocenters. The second-order valence-corrected chi connectivity index (χ2v) is 5.77. The number of fused-ring (bicyclic) bond motifs is 1. The van der Waals surface area contributed by atoms with Gasteiger partial charge in [0.1, 0.15) is 16.9 Å². The Labute approximate surface area is 127 Å². The van der Waals surface area contributed by atoms with Gasteiger partial charge in [0.05, 0.1) is 12.2 Å². The van der Waals surface area contributed by atoms with E-state index in [9.17, 15) is 9.90 Å².